The third kappa shape index (κ3) is 3.71. The van der Waals surface area contributed by atoms with E-state index in [0.717, 1.165) is 0 Å². The average Bonchev–Trinajstić information content (AvgIpc) is 2.83. The molecule has 1 amide bonds. The molecular weight excluding hydrogens is 379 g/mol. The van der Waals surface area contributed by atoms with E-state index in [2.05, 4.69) is 14.7 Å². The summed E-state index contributed by atoms with van der Waals surface area (Å²) in [5.41, 5.74) is 0. The number of carbonyl (C=O) groups is 1. The van der Waals surface area contributed by atoms with E-state index in [4.69, 9.17) is 0 Å². The highest BCUT2D eigenvalue weighted by molar-refractivity contribution is 6.01. The largest absolute Gasteiger partial charge is 0.480 e. The molecule has 0 aromatic rings. The van der Waals surface area contributed by atoms with Crippen LogP contribution in [0.4, 0.5) is 39.5 Å². The summed E-state index contributed by atoms with van der Waals surface area (Å²) in [5.74, 6) is -12.9. The Kier molecular flexibility index (Phi) is 5.45. The van der Waals surface area contributed by atoms with Gasteiger partial charge >= 0.3 is 24.3 Å². The van der Waals surface area contributed by atoms with Crippen LogP contribution in [0.3, 0.4) is 0 Å². The van der Waals surface area contributed by atoms with Crippen LogP contribution in [0.1, 0.15) is 13.8 Å². The molecule has 1 aliphatic heterocycles. The number of nitrogens with zero attached hydrogens (tertiary/aromatic N) is 2. The molecule has 0 saturated heterocycles. The summed E-state index contributed by atoms with van der Waals surface area (Å²) in [6.45, 7) is 1.97. The quantitative estimate of drug-likeness (QED) is 0.693. The minimum absolute atomic E-state index is 0.278. The van der Waals surface area contributed by atoms with Crippen molar-refractivity contribution in [1.29, 1.82) is 0 Å². The van der Waals surface area contributed by atoms with E-state index < -0.39 is 42.0 Å². The van der Waals surface area contributed by atoms with Crippen LogP contribution in [0.15, 0.2) is 5.16 Å². The Hall–Kier alpha value is -1.89. The minimum Gasteiger partial charge on any atom is -0.418 e. The van der Waals surface area contributed by atoms with Gasteiger partial charge in [-0.25, -0.2) is 0 Å². The Morgan fingerprint density at radius 1 is 1.04 bits per heavy atom. The molecule has 1 heterocycles. The zero-order valence-corrected chi connectivity index (χ0v) is 12.5. The van der Waals surface area contributed by atoms with Crippen LogP contribution in [-0.4, -0.2) is 54.1 Å². The molecule has 5 nitrogen and oxygen atoms in total. The van der Waals surface area contributed by atoms with E-state index in [1.807, 2.05) is 0 Å². The second-order valence-electron chi connectivity index (χ2n) is 4.72. The van der Waals surface area contributed by atoms with Crippen LogP contribution in [0.25, 0.3) is 0 Å². The molecule has 146 valence electrons. The first-order chi connectivity index (χ1) is 11.1. The Labute approximate surface area is 134 Å². The fourth-order valence-corrected chi connectivity index (χ4v) is 1.89. The summed E-state index contributed by atoms with van der Waals surface area (Å²) in [4.78, 5) is 15.6. The fourth-order valence-electron chi connectivity index (χ4n) is 1.89. The number of ether oxygens (including phenoxy) is 1. The van der Waals surface area contributed by atoms with E-state index in [0.29, 0.717) is 4.90 Å². The van der Waals surface area contributed by atoms with Gasteiger partial charge in [-0.1, -0.05) is 0 Å². The second-order valence-corrected chi connectivity index (χ2v) is 4.72. The number of carbonyl (C=O) groups excluding carboxylic acids is 1. The topological polar surface area (TPSA) is 51.1 Å². The van der Waals surface area contributed by atoms with Crippen LogP contribution in [0.2, 0.25) is 0 Å². The number of alkyl halides is 9. The lowest BCUT2D eigenvalue weighted by Gasteiger charge is -2.31. The van der Waals surface area contributed by atoms with Crippen molar-refractivity contribution in [1.82, 2.24) is 4.90 Å². The third-order valence-corrected chi connectivity index (χ3v) is 3.16. The third-order valence-electron chi connectivity index (χ3n) is 3.16. The summed E-state index contributed by atoms with van der Waals surface area (Å²) in [6.07, 6.45) is -18.2. The van der Waals surface area contributed by atoms with Gasteiger partial charge in [0.2, 0.25) is 11.8 Å². The van der Waals surface area contributed by atoms with Crippen molar-refractivity contribution < 1.29 is 53.9 Å². The van der Waals surface area contributed by atoms with Crippen molar-refractivity contribution in [3.63, 3.8) is 0 Å². The van der Waals surface area contributed by atoms with Crippen molar-refractivity contribution in [2.24, 2.45) is 11.1 Å². The number of hydrogen-bond donors (Lipinski definition) is 0. The van der Waals surface area contributed by atoms with E-state index in [9.17, 15) is 44.3 Å². The molecule has 0 spiro atoms. The van der Waals surface area contributed by atoms with E-state index in [1.54, 1.807) is 0 Å². The highest BCUT2D eigenvalue weighted by Gasteiger charge is 2.81. The van der Waals surface area contributed by atoms with Gasteiger partial charge in [0.15, 0.2) is 0 Å². The molecule has 0 bridgehead atoms. The Morgan fingerprint density at radius 3 is 1.76 bits per heavy atom. The molecule has 0 radical (unpaired) electrons. The molecule has 0 saturated carbocycles. The van der Waals surface area contributed by atoms with Gasteiger partial charge in [-0.2, -0.15) is 39.5 Å². The SMILES string of the molecule is CCN(CC)C(=O)C(C1=NOC(C(F)(F)F)(C(F)(F)F)O1)C(F)(F)F. The first-order valence-corrected chi connectivity index (χ1v) is 6.56. The molecular formula is C11H11F9N2O3. The lowest BCUT2D eigenvalue weighted by atomic mass is 10.1. The molecule has 0 N–H and O–H groups in total. The summed E-state index contributed by atoms with van der Waals surface area (Å²) < 4.78 is 119. The van der Waals surface area contributed by atoms with Crippen LogP contribution < -0.4 is 0 Å². The molecule has 0 aromatic heterocycles. The van der Waals surface area contributed by atoms with Crippen molar-refractivity contribution >= 4 is 11.8 Å². The zero-order chi connectivity index (χ0) is 19.8. The van der Waals surface area contributed by atoms with Gasteiger partial charge in [0.25, 0.3) is 5.90 Å². The maximum absolute atomic E-state index is 13.1. The lowest BCUT2D eigenvalue weighted by Crippen LogP contribution is -2.59. The summed E-state index contributed by atoms with van der Waals surface area (Å²) in [6, 6.07) is 0. The van der Waals surface area contributed by atoms with Gasteiger partial charge in [-0.15, -0.1) is 0 Å². The van der Waals surface area contributed by atoms with Crippen LogP contribution in [-0.2, 0) is 14.4 Å². The Balaban J connectivity index is 3.31. The summed E-state index contributed by atoms with van der Waals surface area (Å²) in [5, 5.41) is 2.15. The fraction of sp³-hybridized carbons (Fsp3) is 0.818. The Bertz CT molecular complexity index is 520. The monoisotopic (exact) mass is 390 g/mol. The molecule has 0 aliphatic carbocycles. The van der Waals surface area contributed by atoms with Crippen molar-refractivity contribution in [2.75, 3.05) is 13.1 Å². The molecule has 14 heteroatoms. The maximum Gasteiger partial charge on any atom is 0.480 e. The van der Waals surface area contributed by atoms with Gasteiger partial charge in [-0.3, -0.25) is 4.79 Å². The first-order valence-electron chi connectivity index (χ1n) is 6.56. The first kappa shape index (κ1) is 21.2. The normalized spacial score (nSPS) is 18.9. The molecule has 1 atom stereocenters. The summed E-state index contributed by atoms with van der Waals surface area (Å²) >= 11 is 0. The maximum atomic E-state index is 13.1. The Morgan fingerprint density at radius 2 is 1.48 bits per heavy atom. The molecule has 1 unspecified atom stereocenters. The number of halogens is 9. The average molecular weight is 390 g/mol. The van der Waals surface area contributed by atoms with Crippen LogP contribution in [0, 0.1) is 5.92 Å². The summed E-state index contributed by atoms with van der Waals surface area (Å²) in [7, 11) is 0. The highest BCUT2D eigenvalue weighted by atomic mass is 19.4. The molecule has 0 fully saturated rings. The number of oxime groups is 1. The number of amides is 1. The van der Waals surface area contributed by atoms with E-state index in [-0.39, 0.29) is 13.1 Å². The van der Waals surface area contributed by atoms with Gasteiger partial charge in [0.1, 0.15) is 0 Å². The number of rotatable bonds is 4. The molecule has 1 rings (SSSR count). The van der Waals surface area contributed by atoms with Crippen molar-refractivity contribution in [2.45, 2.75) is 38.2 Å². The van der Waals surface area contributed by atoms with Gasteiger partial charge in [0, 0.05) is 13.1 Å². The van der Waals surface area contributed by atoms with Crippen LogP contribution in [0.5, 0.6) is 0 Å². The zero-order valence-electron chi connectivity index (χ0n) is 12.5. The molecule has 1 aliphatic rings. The molecule has 25 heavy (non-hydrogen) atoms. The predicted octanol–water partition coefficient (Wildman–Crippen LogP) is 3.21. The highest BCUT2D eigenvalue weighted by Crippen LogP contribution is 2.50. The number of hydrogen-bond acceptors (Lipinski definition) is 4. The standard InChI is InChI=1S/C11H11F9N2O3/c1-3-22(4-2)7(23)5(8(12,13)14)6-21-25-9(24-6,10(15,16)17)11(18,19)20/h5H,3-4H2,1-2H3. The smallest absolute Gasteiger partial charge is 0.418 e. The molecule has 0 aromatic carbocycles. The van der Waals surface area contributed by atoms with Crippen LogP contribution >= 0.6 is 0 Å². The van der Waals surface area contributed by atoms with Gasteiger partial charge in [0.05, 0.1) is 0 Å². The van der Waals surface area contributed by atoms with E-state index in [1.165, 1.54) is 13.8 Å². The second kappa shape index (κ2) is 6.44. The van der Waals surface area contributed by atoms with Gasteiger partial charge < -0.3 is 14.5 Å². The minimum atomic E-state index is -6.30. The van der Waals surface area contributed by atoms with Crippen molar-refractivity contribution in [3.8, 4) is 0 Å². The van der Waals surface area contributed by atoms with Crippen molar-refractivity contribution in [3.05, 3.63) is 0 Å². The van der Waals surface area contributed by atoms with E-state index >= 15 is 0 Å². The predicted molar refractivity (Wildman–Crippen MR) is 61.9 cm³/mol. The van der Waals surface area contributed by atoms with Gasteiger partial charge in [-0.05, 0) is 19.0 Å². The lowest BCUT2D eigenvalue weighted by molar-refractivity contribution is -0.440.